The number of esters is 1. The number of rotatable bonds is 5. The summed E-state index contributed by atoms with van der Waals surface area (Å²) in [7, 11) is 0. The minimum atomic E-state index is -0.547. The highest BCUT2D eigenvalue weighted by atomic mass is 16.5. The number of carbonyl (C=O) groups is 1. The van der Waals surface area contributed by atoms with E-state index in [1.54, 1.807) is 6.92 Å². The number of nitrogens with zero attached hydrogens (tertiary/aromatic N) is 4. The molecule has 1 unspecified atom stereocenters. The van der Waals surface area contributed by atoms with Crippen LogP contribution in [0, 0.1) is 0 Å². The molecule has 0 aliphatic rings. The van der Waals surface area contributed by atoms with E-state index in [9.17, 15) is 4.79 Å². The van der Waals surface area contributed by atoms with E-state index in [1.165, 1.54) is 6.33 Å². The van der Waals surface area contributed by atoms with Crippen molar-refractivity contribution in [3.8, 4) is 11.6 Å². The number of H-pyrrole nitrogens is 1. The predicted octanol–water partition coefficient (Wildman–Crippen LogP) is 0.911. The van der Waals surface area contributed by atoms with Gasteiger partial charge >= 0.3 is 5.97 Å². The van der Waals surface area contributed by atoms with Crippen molar-refractivity contribution in [2.75, 3.05) is 6.61 Å². The van der Waals surface area contributed by atoms with Gasteiger partial charge in [-0.25, -0.2) is 4.98 Å². The zero-order valence-corrected chi connectivity index (χ0v) is 10.1. The molecule has 0 amide bonds. The summed E-state index contributed by atoms with van der Waals surface area (Å²) in [4.78, 5) is 19.7. The SMILES string of the molecule is CCOC(=O)C(CC)c1nc(-c2ncn[nH]2)no1. The van der Waals surface area contributed by atoms with Crippen LogP contribution in [0.2, 0.25) is 0 Å². The summed E-state index contributed by atoms with van der Waals surface area (Å²) in [6.45, 7) is 3.91. The Hall–Kier alpha value is -2.25. The fraction of sp³-hybridized carbons (Fsp3) is 0.500. The first-order valence-corrected chi connectivity index (χ1v) is 5.62. The van der Waals surface area contributed by atoms with Crippen LogP contribution < -0.4 is 0 Å². The summed E-state index contributed by atoms with van der Waals surface area (Å²) in [5.41, 5.74) is 0. The van der Waals surface area contributed by atoms with Gasteiger partial charge in [-0.05, 0) is 13.3 Å². The van der Waals surface area contributed by atoms with Crippen molar-refractivity contribution in [3.63, 3.8) is 0 Å². The molecular formula is C10H13N5O3. The highest BCUT2D eigenvalue weighted by molar-refractivity contribution is 5.76. The molecule has 2 aromatic rings. The van der Waals surface area contributed by atoms with E-state index in [-0.39, 0.29) is 17.7 Å². The van der Waals surface area contributed by atoms with Gasteiger partial charge in [0.2, 0.25) is 11.7 Å². The summed E-state index contributed by atoms with van der Waals surface area (Å²) in [5, 5.41) is 10.0. The molecule has 0 aliphatic heterocycles. The second-order valence-corrected chi connectivity index (χ2v) is 3.50. The Balaban J connectivity index is 2.20. The second-order valence-electron chi connectivity index (χ2n) is 3.50. The molecule has 18 heavy (non-hydrogen) atoms. The second kappa shape index (κ2) is 5.39. The van der Waals surface area contributed by atoms with E-state index in [1.807, 2.05) is 6.92 Å². The van der Waals surface area contributed by atoms with Crippen molar-refractivity contribution in [3.05, 3.63) is 12.2 Å². The molecule has 1 N–H and O–H groups in total. The molecular weight excluding hydrogens is 238 g/mol. The average molecular weight is 251 g/mol. The number of aromatic amines is 1. The number of aromatic nitrogens is 5. The average Bonchev–Trinajstić information content (AvgIpc) is 3.00. The van der Waals surface area contributed by atoms with Crippen molar-refractivity contribution < 1.29 is 14.1 Å². The van der Waals surface area contributed by atoms with Crippen LogP contribution in [-0.4, -0.2) is 37.9 Å². The predicted molar refractivity (Wildman–Crippen MR) is 59.3 cm³/mol. The Labute approximate surface area is 103 Å². The van der Waals surface area contributed by atoms with Gasteiger partial charge in [-0.3, -0.25) is 9.89 Å². The molecule has 8 nitrogen and oxygen atoms in total. The topological polar surface area (TPSA) is 107 Å². The normalized spacial score (nSPS) is 12.3. The largest absolute Gasteiger partial charge is 0.465 e. The molecule has 0 aliphatic carbocycles. The summed E-state index contributed by atoms with van der Waals surface area (Å²) in [6, 6.07) is 0. The first-order valence-electron chi connectivity index (χ1n) is 5.62. The maximum Gasteiger partial charge on any atom is 0.318 e. The van der Waals surface area contributed by atoms with Crippen molar-refractivity contribution in [1.82, 2.24) is 25.3 Å². The lowest BCUT2D eigenvalue weighted by Gasteiger charge is -2.08. The standard InChI is InChI=1S/C10H13N5O3/c1-3-6(10(16)17-4-2)9-13-8(15-18-9)7-11-5-12-14-7/h5-6H,3-4H2,1-2H3,(H,11,12,14). The van der Waals surface area contributed by atoms with Crippen LogP contribution in [0.4, 0.5) is 0 Å². The lowest BCUT2D eigenvalue weighted by molar-refractivity contribution is -0.145. The molecule has 2 aromatic heterocycles. The maximum atomic E-state index is 11.7. The zero-order chi connectivity index (χ0) is 13.0. The van der Waals surface area contributed by atoms with Crippen molar-refractivity contribution >= 4 is 5.97 Å². The van der Waals surface area contributed by atoms with Crippen molar-refractivity contribution in [1.29, 1.82) is 0 Å². The van der Waals surface area contributed by atoms with Gasteiger partial charge in [-0.1, -0.05) is 12.1 Å². The van der Waals surface area contributed by atoms with Crippen LogP contribution >= 0.6 is 0 Å². The molecule has 96 valence electrons. The first kappa shape index (κ1) is 12.2. The third-order valence-corrected chi connectivity index (χ3v) is 2.35. The third kappa shape index (κ3) is 2.36. The Morgan fingerprint density at radius 1 is 1.56 bits per heavy atom. The molecule has 8 heteroatoms. The van der Waals surface area contributed by atoms with Crippen LogP contribution in [0.1, 0.15) is 32.1 Å². The Kier molecular flexibility index (Phi) is 3.66. The van der Waals surface area contributed by atoms with E-state index in [4.69, 9.17) is 9.26 Å². The maximum absolute atomic E-state index is 11.7. The Morgan fingerprint density at radius 3 is 3.00 bits per heavy atom. The quantitative estimate of drug-likeness (QED) is 0.787. The van der Waals surface area contributed by atoms with E-state index in [0.717, 1.165) is 0 Å². The first-order chi connectivity index (χ1) is 8.76. The van der Waals surface area contributed by atoms with Gasteiger partial charge in [-0.15, -0.1) is 0 Å². The van der Waals surface area contributed by atoms with E-state index in [0.29, 0.717) is 18.9 Å². The monoisotopic (exact) mass is 251 g/mol. The van der Waals surface area contributed by atoms with Gasteiger partial charge in [0.05, 0.1) is 6.61 Å². The molecule has 2 rings (SSSR count). The number of hydrogen-bond acceptors (Lipinski definition) is 7. The van der Waals surface area contributed by atoms with Gasteiger partial charge < -0.3 is 9.26 Å². The summed E-state index contributed by atoms with van der Waals surface area (Å²) in [6.07, 6.45) is 1.87. The molecule has 2 heterocycles. The van der Waals surface area contributed by atoms with E-state index >= 15 is 0 Å². The van der Waals surface area contributed by atoms with E-state index in [2.05, 4.69) is 25.3 Å². The Morgan fingerprint density at radius 2 is 2.39 bits per heavy atom. The highest BCUT2D eigenvalue weighted by Crippen LogP contribution is 2.21. The lowest BCUT2D eigenvalue weighted by atomic mass is 10.1. The van der Waals surface area contributed by atoms with Gasteiger partial charge in [0.25, 0.3) is 0 Å². The Bertz CT molecular complexity index is 507. The summed E-state index contributed by atoms with van der Waals surface area (Å²) >= 11 is 0. The molecule has 0 saturated carbocycles. The van der Waals surface area contributed by atoms with Crippen molar-refractivity contribution in [2.45, 2.75) is 26.2 Å². The highest BCUT2D eigenvalue weighted by Gasteiger charge is 2.26. The smallest absolute Gasteiger partial charge is 0.318 e. The molecule has 0 radical (unpaired) electrons. The van der Waals surface area contributed by atoms with Crippen LogP contribution in [-0.2, 0) is 9.53 Å². The van der Waals surface area contributed by atoms with Crippen molar-refractivity contribution in [2.24, 2.45) is 0 Å². The van der Waals surface area contributed by atoms with Crippen LogP contribution in [0.3, 0.4) is 0 Å². The van der Waals surface area contributed by atoms with E-state index < -0.39 is 5.92 Å². The molecule has 0 aromatic carbocycles. The van der Waals surface area contributed by atoms with Gasteiger partial charge in [-0.2, -0.15) is 10.1 Å². The zero-order valence-electron chi connectivity index (χ0n) is 10.1. The van der Waals surface area contributed by atoms with Gasteiger partial charge in [0.15, 0.2) is 5.82 Å². The fourth-order valence-electron chi connectivity index (χ4n) is 1.47. The lowest BCUT2D eigenvalue weighted by Crippen LogP contribution is -2.15. The molecule has 0 fully saturated rings. The fourth-order valence-corrected chi connectivity index (χ4v) is 1.47. The van der Waals surface area contributed by atoms with Gasteiger partial charge in [0, 0.05) is 0 Å². The van der Waals surface area contributed by atoms with Crippen LogP contribution in [0.25, 0.3) is 11.6 Å². The van der Waals surface area contributed by atoms with Gasteiger partial charge in [0.1, 0.15) is 12.2 Å². The number of carbonyl (C=O) groups excluding carboxylic acids is 1. The number of hydrogen-bond donors (Lipinski definition) is 1. The van der Waals surface area contributed by atoms with Crippen LogP contribution in [0.5, 0.6) is 0 Å². The number of nitrogens with one attached hydrogen (secondary N) is 1. The third-order valence-electron chi connectivity index (χ3n) is 2.35. The minimum absolute atomic E-state index is 0.224. The van der Waals surface area contributed by atoms with Crippen LogP contribution in [0.15, 0.2) is 10.9 Å². The molecule has 0 saturated heterocycles. The minimum Gasteiger partial charge on any atom is -0.465 e. The molecule has 1 atom stereocenters. The number of ether oxygens (including phenoxy) is 1. The molecule has 0 bridgehead atoms. The summed E-state index contributed by atoms with van der Waals surface area (Å²) in [5.74, 6) is -0.0294. The molecule has 0 spiro atoms. The summed E-state index contributed by atoms with van der Waals surface area (Å²) < 4.78 is 10.0.